The van der Waals surface area contributed by atoms with Crippen LogP contribution in [-0.4, -0.2) is 35.0 Å². The van der Waals surface area contributed by atoms with Gasteiger partial charge in [0.25, 0.3) is 0 Å². The van der Waals surface area contributed by atoms with E-state index in [1.807, 2.05) is 0 Å². The van der Waals surface area contributed by atoms with Crippen molar-refractivity contribution in [2.45, 2.75) is 71.5 Å². The predicted molar refractivity (Wildman–Crippen MR) is 90.1 cm³/mol. The monoisotopic (exact) mass is 332 g/mol. The Morgan fingerprint density at radius 3 is 2.75 bits per heavy atom. The van der Waals surface area contributed by atoms with E-state index < -0.39 is 6.10 Å². The zero-order valence-electron chi connectivity index (χ0n) is 14.9. The van der Waals surface area contributed by atoms with Gasteiger partial charge in [-0.2, -0.15) is 0 Å². The Labute approximate surface area is 143 Å². The van der Waals surface area contributed by atoms with Crippen molar-refractivity contribution in [3.63, 3.8) is 0 Å². The molecule has 0 aromatic carbocycles. The zero-order valence-corrected chi connectivity index (χ0v) is 14.9. The van der Waals surface area contributed by atoms with E-state index in [1.165, 1.54) is 5.57 Å². The third-order valence-electron chi connectivity index (χ3n) is 7.54. The van der Waals surface area contributed by atoms with Crippen LogP contribution in [0.5, 0.6) is 0 Å². The fraction of sp³-hybridized carbons (Fsp3) is 0.750. The highest BCUT2D eigenvalue weighted by molar-refractivity contribution is 5.92. The first-order valence-electron chi connectivity index (χ1n) is 9.25. The number of carbonyl (C=O) groups excluding carboxylic acids is 1. The summed E-state index contributed by atoms with van der Waals surface area (Å²) in [6.45, 7) is 6.51. The van der Waals surface area contributed by atoms with Crippen LogP contribution in [0.3, 0.4) is 0 Å². The van der Waals surface area contributed by atoms with Crippen molar-refractivity contribution in [1.29, 1.82) is 0 Å². The van der Waals surface area contributed by atoms with Crippen LogP contribution in [0.25, 0.3) is 0 Å². The number of hydrogen-bond donors (Lipinski definition) is 2. The molecule has 0 aromatic rings. The summed E-state index contributed by atoms with van der Waals surface area (Å²) in [5.41, 5.74) is 3.77. The lowest BCUT2D eigenvalue weighted by Crippen LogP contribution is -2.51. The van der Waals surface area contributed by atoms with Gasteiger partial charge in [0.15, 0.2) is 0 Å². The van der Waals surface area contributed by atoms with Crippen molar-refractivity contribution >= 4 is 5.97 Å². The Kier molecular flexibility index (Phi) is 3.53. The van der Waals surface area contributed by atoms with Crippen LogP contribution in [0, 0.1) is 16.7 Å². The van der Waals surface area contributed by atoms with E-state index in [0.717, 1.165) is 49.7 Å². The number of rotatable bonds is 1. The van der Waals surface area contributed by atoms with Gasteiger partial charge in [0.2, 0.25) is 0 Å². The van der Waals surface area contributed by atoms with Crippen LogP contribution in [0.1, 0.15) is 59.3 Å². The van der Waals surface area contributed by atoms with Gasteiger partial charge < -0.3 is 14.9 Å². The average molecular weight is 332 g/mol. The van der Waals surface area contributed by atoms with Gasteiger partial charge >= 0.3 is 5.97 Å². The van der Waals surface area contributed by atoms with E-state index in [9.17, 15) is 15.0 Å². The lowest BCUT2D eigenvalue weighted by molar-refractivity contribution is -0.140. The minimum absolute atomic E-state index is 0.00126. The molecule has 5 atom stereocenters. The van der Waals surface area contributed by atoms with E-state index in [4.69, 9.17) is 4.74 Å². The van der Waals surface area contributed by atoms with Gasteiger partial charge in [-0.15, -0.1) is 0 Å². The smallest absolute Gasteiger partial charge is 0.334 e. The topological polar surface area (TPSA) is 66.8 Å². The van der Waals surface area contributed by atoms with Crippen LogP contribution in [0.2, 0.25) is 0 Å². The molecule has 1 fully saturated rings. The molecule has 24 heavy (non-hydrogen) atoms. The molecule has 0 aromatic heterocycles. The first kappa shape index (κ1) is 16.3. The summed E-state index contributed by atoms with van der Waals surface area (Å²) in [5, 5.41) is 21.0. The summed E-state index contributed by atoms with van der Waals surface area (Å²) < 4.78 is 5.54. The molecule has 1 saturated carbocycles. The quantitative estimate of drug-likeness (QED) is 0.572. The van der Waals surface area contributed by atoms with Crippen LogP contribution in [0.4, 0.5) is 0 Å². The fourth-order valence-electron chi connectivity index (χ4n) is 6.22. The fourth-order valence-corrected chi connectivity index (χ4v) is 6.22. The molecule has 1 heterocycles. The Hall–Kier alpha value is -1.13. The number of fused-ring (bicyclic) bond motifs is 3. The summed E-state index contributed by atoms with van der Waals surface area (Å²) in [4.78, 5) is 12.0. The molecular weight excluding hydrogens is 304 g/mol. The highest BCUT2D eigenvalue weighted by Crippen LogP contribution is 2.62. The Morgan fingerprint density at radius 2 is 2.04 bits per heavy atom. The largest absolute Gasteiger partial charge is 0.454 e. The van der Waals surface area contributed by atoms with Crippen molar-refractivity contribution < 1.29 is 19.7 Å². The molecule has 3 aliphatic carbocycles. The second-order valence-electron chi connectivity index (χ2n) is 8.76. The van der Waals surface area contributed by atoms with Gasteiger partial charge in [0.05, 0.1) is 0 Å². The summed E-state index contributed by atoms with van der Waals surface area (Å²) in [6, 6.07) is 0. The standard InChI is InChI=1S/C20H28O4/c1-11-16-14(24-18(11)23)9-13-12(17(16)22)5-6-15-19(2,10-21)7-4-8-20(13,15)3/h14-15,17,21-22H,4-10H2,1-3H3/t14-,15-,17?,19+,20+/m1/s1. The van der Waals surface area contributed by atoms with Crippen molar-refractivity contribution in [2.24, 2.45) is 16.7 Å². The molecule has 0 spiro atoms. The van der Waals surface area contributed by atoms with E-state index in [0.29, 0.717) is 11.5 Å². The highest BCUT2D eigenvalue weighted by Gasteiger charge is 2.55. The second-order valence-corrected chi connectivity index (χ2v) is 8.76. The first-order valence-corrected chi connectivity index (χ1v) is 9.25. The van der Waals surface area contributed by atoms with Crippen molar-refractivity contribution in [1.82, 2.24) is 0 Å². The van der Waals surface area contributed by atoms with E-state index >= 15 is 0 Å². The molecule has 0 bridgehead atoms. The summed E-state index contributed by atoms with van der Waals surface area (Å²) >= 11 is 0. The van der Waals surface area contributed by atoms with E-state index in [1.54, 1.807) is 6.92 Å². The van der Waals surface area contributed by atoms with Crippen molar-refractivity contribution in [2.75, 3.05) is 6.61 Å². The molecule has 2 N–H and O–H groups in total. The maximum absolute atomic E-state index is 12.0. The molecule has 0 amide bonds. The maximum Gasteiger partial charge on any atom is 0.334 e. The van der Waals surface area contributed by atoms with Gasteiger partial charge in [-0.3, -0.25) is 0 Å². The summed E-state index contributed by atoms with van der Waals surface area (Å²) in [5.74, 6) is 0.151. The van der Waals surface area contributed by atoms with Crippen molar-refractivity contribution in [3.8, 4) is 0 Å². The Morgan fingerprint density at radius 1 is 1.29 bits per heavy atom. The average Bonchev–Trinajstić information content (AvgIpc) is 2.83. The molecule has 0 radical (unpaired) electrons. The number of esters is 1. The molecule has 0 saturated heterocycles. The van der Waals surface area contributed by atoms with Crippen LogP contribution < -0.4 is 0 Å². The van der Waals surface area contributed by atoms with Gasteiger partial charge in [-0.1, -0.05) is 25.8 Å². The van der Waals surface area contributed by atoms with Crippen LogP contribution >= 0.6 is 0 Å². The number of carbonyl (C=O) groups is 1. The normalized spacial score (nSPS) is 44.9. The predicted octanol–water partition coefficient (Wildman–Crippen LogP) is 2.89. The van der Waals surface area contributed by atoms with Crippen LogP contribution in [0.15, 0.2) is 22.3 Å². The molecule has 132 valence electrons. The Balaban J connectivity index is 1.79. The molecule has 1 unspecified atom stereocenters. The second kappa shape index (κ2) is 5.18. The molecule has 4 aliphatic rings. The number of aliphatic hydroxyl groups excluding tert-OH is 2. The van der Waals surface area contributed by atoms with Gasteiger partial charge in [-0.05, 0) is 54.9 Å². The number of aliphatic hydroxyl groups is 2. The van der Waals surface area contributed by atoms with Gasteiger partial charge in [0.1, 0.15) is 12.2 Å². The molecule has 4 rings (SSSR count). The maximum atomic E-state index is 12.0. The Bertz CT molecular complexity index is 661. The van der Waals surface area contributed by atoms with E-state index in [-0.39, 0.29) is 29.5 Å². The highest BCUT2D eigenvalue weighted by atomic mass is 16.5. The third-order valence-corrected chi connectivity index (χ3v) is 7.54. The third kappa shape index (κ3) is 1.96. The van der Waals surface area contributed by atoms with Gasteiger partial charge in [-0.25, -0.2) is 4.79 Å². The summed E-state index contributed by atoms with van der Waals surface area (Å²) in [6.07, 6.45) is 4.91. The van der Waals surface area contributed by atoms with Gasteiger partial charge in [0, 0.05) is 24.2 Å². The molecular formula is C20H28O4. The molecule has 1 aliphatic heterocycles. The zero-order chi connectivity index (χ0) is 17.3. The number of ether oxygens (including phenoxy) is 1. The minimum Gasteiger partial charge on any atom is -0.454 e. The first-order chi connectivity index (χ1) is 11.3. The number of hydrogen-bond acceptors (Lipinski definition) is 4. The molecule has 4 nitrogen and oxygen atoms in total. The lowest BCUT2D eigenvalue weighted by atomic mass is 9.48. The lowest BCUT2D eigenvalue weighted by Gasteiger charge is -2.57. The molecule has 4 heteroatoms. The van der Waals surface area contributed by atoms with E-state index in [2.05, 4.69) is 13.8 Å². The summed E-state index contributed by atoms with van der Waals surface area (Å²) in [7, 11) is 0. The van der Waals surface area contributed by atoms with Crippen molar-refractivity contribution in [3.05, 3.63) is 22.3 Å². The SMILES string of the molecule is CC1=C2C(O)C3=C(C[C@H]2OC1=O)[C@]1(C)CCC[C@@](C)(CO)[C@H]1CC3. The van der Waals surface area contributed by atoms with Crippen LogP contribution in [-0.2, 0) is 9.53 Å². The minimum atomic E-state index is -0.662.